The molecule has 1 heterocycles. The van der Waals surface area contributed by atoms with Gasteiger partial charge in [0.05, 0.1) is 11.1 Å². The lowest BCUT2D eigenvalue weighted by Crippen LogP contribution is -2.10. The van der Waals surface area contributed by atoms with E-state index in [0.29, 0.717) is 33.5 Å². The molecule has 0 unspecified atom stereocenters. The Morgan fingerprint density at radius 1 is 1.19 bits per heavy atom. The summed E-state index contributed by atoms with van der Waals surface area (Å²) in [6.45, 7) is 1.98. The summed E-state index contributed by atoms with van der Waals surface area (Å²) < 4.78 is 0. The van der Waals surface area contributed by atoms with E-state index in [4.69, 9.17) is 11.6 Å². The van der Waals surface area contributed by atoms with E-state index in [1.807, 2.05) is 31.2 Å². The van der Waals surface area contributed by atoms with Crippen LogP contribution >= 0.6 is 11.6 Å². The van der Waals surface area contributed by atoms with E-state index in [1.54, 1.807) is 18.2 Å². The van der Waals surface area contributed by atoms with Gasteiger partial charge in [0.1, 0.15) is 5.75 Å². The van der Waals surface area contributed by atoms with E-state index in [0.717, 1.165) is 5.56 Å². The van der Waals surface area contributed by atoms with E-state index in [9.17, 15) is 9.90 Å². The van der Waals surface area contributed by atoms with Gasteiger partial charge in [-0.3, -0.25) is 4.79 Å². The Hall–Kier alpha value is -2.26. The number of benzene rings is 2. The number of halogens is 1. The predicted octanol–water partition coefficient (Wildman–Crippen LogP) is 4.12. The molecule has 0 amide bonds. The average Bonchev–Trinajstić information content (AvgIpc) is 2.47. The first-order chi connectivity index (χ1) is 10.1. The lowest BCUT2D eigenvalue weighted by atomic mass is 9.99. The Balaban J connectivity index is 2.44. The van der Waals surface area contributed by atoms with Gasteiger partial charge >= 0.3 is 0 Å². The van der Waals surface area contributed by atoms with Crippen molar-refractivity contribution in [2.45, 2.75) is 13.3 Å². The predicted molar refractivity (Wildman–Crippen MR) is 86.1 cm³/mol. The number of hydrogen-bond acceptors (Lipinski definition) is 2. The molecule has 3 rings (SSSR count). The molecule has 0 fully saturated rings. The van der Waals surface area contributed by atoms with E-state index in [2.05, 4.69) is 4.98 Å². The highest BCUT2D eigenvalue weighted by Gasteiger charge is 2.16. The number of aromatic hydroxyl groups is 1. The molecule has 0 aliphatic carbocycles. The Labute approximate surface area is 126 Å². The minimum Gasteiger partial charge on any atom is -0.506 e. The molecule has 0 radical (unpaired) electrons. The van der Waals surface area contributed by atoms with Crippen molar-refractivity contribution in [2.24, 2.45) is 0 Å². The smallest absolute Gasteiger partial charge is 0.260 e. The van der Waals surface area contributed by atoms with Crippen LogP contribution in [0.3, 0.4) is 0 Å². The molecule has 2 N–H and O–H groups in total. The summed E-state index contributed by atoms with van der Waals surface area (Å²) in [7, 11) is 0. The van der Waals surface area contributed by atoms with Gasteiger partial charge in [-0.05, 0) is 29.7 Å². The van der Waals surface area contributed by atoms with Crippen molar-refractivity contribution < 1.29 is 5.11 Å². The lowest BCUT2D eigenvalue weighted by molar-refractivity contribution is 0.482. The molecule has 0 atom stereocenters. The average molecular weight is 300 g/mol. The number of aromatic nitrogens is 1. The van der Waals surface area contributed by atoms with Gasteiger partial charge < -0.3 is 10.1 Å². The van der Waals surface area contributed by atoms with Gasteiger partial charge in [0.15, 0.2) is 0 Å². The standard InChI is InChI=1S/C17H14ClNO2/c1-2-10-8-12(18)9-13-14(10)16(20)15(17(21)19-13)11-6-4-3-5-7-11/h3-9H,2H2,1H3,(H2,19,20,21). The van der Waals surface area contributed by atoms with Crippen LogP contribution in [0, 0.1) is 0 Å². The Morgan fingerprint density at radius 3 is 2.57 bits per heavy atom. The summed E-state index contributed by atoms with van der Waals surface area (Å²) in [6, 6.07) is 12.6. The fraction of sp³-hybridized carbons (Fsp3) is 0.118. The Bertz CT molecular complexity index is 869. The molecule has 3 nitrogen and oxygen atoms in total. The first kappa shape index (κ1) is 13.7. The number of fused-ring (bicyclic) bond motifs is 1. The topological polar surface area (TPSA) is 53.1 Å². The van der Waals surface area contributed by atoms with Gasteiger partial charge in [-0.2, -0.15) is 0 Å². The normalized spacial score (nSPS) is 11.0. The highest BCUT2D eigenvalue weighted by Crippen LogP contribution is 2.35. The summed E-state index contributed by atoms with van der Waals surface area (Å²) in [5, 5.41) is 11.8. The van der Waals surface area contributed by atoms with Gasteiger partial charge in [-0.15, -0.1) is 0 Å². The van der Waals surface area contributed by atoms with Crippen LogP contribution in [0.4, 0.5) is 0 Å². The third-order valence-electron chi connectivity index (χ3n) is 3.58. The number of rotatable bonds is 2. The zero-order valence-electron chi connectivity index (χ0n) is 11.5. The van der Waals surface area contributed by atoms with Crippen molar-refractivity contribution >= 4 is 22.5 Å². The maximum atomic E-state index is 12.3. The van der Waals surface area contributed by atoms with Gasteiger partial charge in [0.25, 0.3) is 5.56 Å². The van der Waals surface area contributed by atoms with Crippen molar-refractivity contribution in [3.8, 4) is 16.9 Å². The van der Waals surface area contributed by atoms with Crippen molar-refractivity contribution in [2.75, 3.05) is 0 Å². The molecule has 4 heteroatoms. The van der Waals surface area contributed by atoms with Gasteiger partial charge in [-0.25, -0.2) is 0 Å². The van der Waals surface area contributed by atoms with Gasteiger partial charge in [-0.1, -0.05) is 48.9 Å². The molecule has 2 aromatic carbocycles. The fourth-order valence-corrected chi connectivity index (χ4v) is 2.85. The Morgan fingerprint density at radius 2 is 1.90 bits per heavy atom. The molecule has 0 spiro atoms. The fourth-order valence-electron chi connectivity index (χ4n) is 2.61. The summed E-state index contributed by atoms with van der Waals surface area (Å²) in [5.41, 5.74) is 2.12. The largest absolute Gasteiger partial charge is 0.506 e. The second kappa shape index (κ2) is 5.26. The molecule has 0 aliphatic heterocycles. The van der Waals surface area contributed by atoms with Crippen LogP contribution in [0.2, 0.25) is 5.02 Å². The van der Waals surface area contributed by atoms with Crippen molar-refractivity contribution in [1.29, 1.82) is 0 Å². The summed E-state index contributed by atoms with van der Waals surface area (Å²) in [4.78, 5) is 15.1. The highest BCUT2D eigenvalue weighted by molar-refractivity contribution is 6.31. The van der Waals surface area contributed by atoms with E-state index < -0.39 is 0 Å². The monoisotopic (exact) mass is 299 g/mol. The Kier molecular flexibility index (Phi) is 3.43. The van der Waals surface area contributed by atoms with Crippen LogP contribution in [0.5, 0.6) is 5.75 Å². The molecule has 106 valence electrons. The number of pyridine rings is 1. The minimum absolute atomic E-state index is 0.00784. The summed E-state index contributed by atoms with van der Waals surface area (Å²) >= 11 is 6.06. The number of aromatic amines is 1. The maximum Gasteiger partial charge on any atom is 0.260 e. The maximum absolute atomic E-state index is 12.3. The first-order valence-corrected chi connectivity index (χ1v) is 7.12. The summed E-state index contributed by atoms with van der Waals surface area (Å²) in [5.74, 6) is 0.00784. The second-order valence-corrected chi connectivity index (χ2v) is 5.32. The SMILES string of the molecule is CCc1cc(Cl)cc2[nH]c(=O)c(-c3ccccc3)c(O)c12. The zero-order valence-corrected chi connectivity index (χ0v) is 12.2. The van der Waals surface area contributed by atoms with Crippen molar-refractivity contribution in [1.82, 2.24) is 4.98 Å². The van der Waals surface area contributed by atoms with Crippen LogP contribution in [-0.2, 0) is 6.42 Å². The van der Waals surface area contributed by atoms with Crippen LogP contribution in [0.25, 0.3) is 22.0 Å². The minimum atomic E-state index is -0.324. The van der Waals surface area contributed by atoms with Crippen LogP contribution in [0.1, 0.15) is 12.5 Å². The number of nitrogens with one attached hydrogen (secondary N) is 1. The molecule has 0 saturated carbocycles. The number of H-pyrrole nitrogens is 1. The summed E-state index contributed by atoms with van der Waals surface area (Å²) in [6.07, 6.45) is 0.713. The quantitative estimate of drug-likeness (QED) is 0.748. The molecule has 0 bridgehead atoms. The third kappa shape index (κ3) is 2.30. The van der Waals surface area contributed by atoms with Gasteiger partial charge in [0, 0.05) is 10.4 Å². The molecule has 0 aliphatic rings. The van der Waals surface area contributed by atoms with Crippen molar-refractivity contribution in [3.05, 3.63) is 63.4 Å². The van der Waals surface area contributed by atoms with E-state index in [-0.39, 0.29) is 11.3 Å². The molecular formula is C17H14ClNO2. The lowest BCUT2D eigenvalue weighted by Gasteiger charge is -2.11. The van der Waals surface area contributed by atoms with Crippen LogP contribution in [-0.4, -0.2) is 10.1 Å². The molecule has 1 aromatic heterocycles. The van der Waals surface area contributed by atoms with Crippen LogP contribution in [0.15, 0.2) is 47.3 Å². The molecule has 0 saturated heterocycles. The van der Waals surface area contributed by atoms with Gasteiger partial charge in [0.2, 0.25) is 0 Å². The second-order valence-electron chi connectivity index (χ2n) is 4.88. The molecule has 3 aromatic rings. The molecular weight excluding hydrogens is 286 g/mol. The van der Waals surface area contributed by atoms with Crippen molar-refractivity contribution in [3.63, 3.8) is 0 Å². The third-order valence-corrected chi connectivity index (χ3v) is 3.80. The zero-order chi connectivity index (χ0) is 15.0. The molecule has 21 heavy (non-hydrogen) atoms. The highest BCUT2D eigenvalue weighted by atomic mass is 35.5. The van der Waals surface area contributed by atoms with E-state index in [1.165, 1.54) is 0 Å². The number of aryl methyl sites for hydroxylation is 1. The first-order valence-electron chi connectivity index (χ1n) is 6.74. The van der Waals surface area contributed by atoms with Crippen LogP contribution < -0.4 is 5.56 Å². The van der Waals surface area contributed by atoms with E-state index >= 15 is 0 Å². The number of hydrogen-bond donors (Lipinski definition) is 2.